The predicted molar refractivity (Wildman–Crippen MR) is 84.3 cm³/mol. The Hall–Kier alpha value is -0.750. The third kappa shape index (κ3) is 2.96. The van der Waals surface area contributed by atoms with E-state index in [-0.39, 0.29) is 0 Å². The predicted octanol–water partition coefficient (Wildman–Crippen LogP) is 4.65. The van der Waals surface area contributed by atoms with E-state index in [1.165, 1.54) is 0 Å². The van der Waals surface area contributed by atoms with Gasteiger partial charge in [0.1, 0.15) is 0 Å². The van der Waals surface area contributed by atoms with Crippen molar-refractivity contribution in [3.63, 3.8) is 0 Å². The van der Waals surface area contributed by atoms with E-state index in [0.717, 1.165) is 37.8 Å². The van der Waals surface area contributed by atoms with Crippen molar-refractivity contribution in [2.24, 2.45) is 0 Å². The molecule has 2 rings (SSSR count). The van der Waals surface area contributed by atoms with E-state index in [9.17, 15) is 5.26 Å². The van der Waals surface area contributed by atoms with Crippen LogP contribution in [-0.2, 0) is 5.41 Å². The van der Waals surface area contributed by atoms with E-state index >= 15 is 0 Å². The molecular weight excluding hydrogens is 291 g/mol. The summed E-state index contributed by atoms with van der Waals surface area (Å²) < 4.78 is 0. The topological polar surface area (TPSA) is 27.0 Å². The van der Waals surface area contributed by atoms with Gasteiger partial charge in [-0.1, -0.05) is 36.2 Å². The fourth-order valence-corrected chi connectivity index (χ4v) is 3.35. The normalized spacial score (nSPS) is 26.5. The summed E-state index contributed by atoms with van der Waals surface area (Å²) in [5, 5.41) is 10.8. The fourth-order valence-electron chi connectivity index (χ4n) is 3.05. The number of benzene rings is 1. The molecule has 1 fully saturated rings. The summed E-state index contributed by atoms with van der Waals surface area (Å²) in [7, 11) is 2.16. The van der Waals surface area contributed by atoms with Gasteiger partial charge in [-0.25, -0.2) is 0 Å². The Labute approximate surface area is 131 Å². The highest BCUT2D eigenvalue weighted by Gasteiger charge is 2.38. The van der Waals surface area contributed by atoms with Crippen molar-refractivity contribution < 1.29 is 0 Å². The zero-order valence-electron chi connectivity index (χ0n) is 12.0. The molecule has 1 saturated carbocycles. The first kappa shape index (κ1) is 15.6. The molecule has 0 spiro atoms. The molecule has 108 valence electrons. The van der Waals surface area contributed by atoms with Crippen LogP contribution < -0.4 is 0 Å². The average molecular weight is 311 g/mol. The molecule has 1 aromatic carbocycles. The summed E-state index contributed by atoms with van der Waals surface area (Å²) in [5.41, 5.74) is 0.603. The van der Waals surface area contributed by atoms with Gasteiger partial charge in [-0.3, -0.25) is 0 Å². The summed E-state index contributed by atoms with van der Waals surface area (Å²) in [6.07, 6.45) is 3.88. The van der Waals surface area contributed by atoms with Crippen molar-refractivity contribution in [3.05, 3.63) is 33.8 Å². The summed E-state index contributed by atoms with van der Waals surface area (Å²) in [5.74, 6) is 0. The van der Waals surface area contributed by atoms with Crippen molar-refractivity contribution >= 4 is 23.2 Å². The van der Waals surface area contributed by atoms with Gasteiger partial charge in [0.25, 0.3) is 0 Å². The van der Waals surface area contributed by atoms with Crippen LogP contribution in [0.2, 0.25) is 10.0 Å². The molecule has 1 aliphatic carbocycles. The molecule has 0 saturated heterocycles. The van der Waals surface area contributed by atoms with Gasteiger partial charge in [-0.15, -0.1) is 0 Å². The Bertz CT molecular complexity index is 514. The van der Waals surface area contributed by atoms with Crippen LogP contribution in [0.4, 0.5) is 0 Å². The van der Waals surface area contributed by atoms with Gasteiger partial charge in [-0.05, 0) is 57.0 Å². The highest BCUT2D eigenvalue weighted by atomic mass is 35.5. The van der Waals surface area contributed by atoms with E-state index < -0.39 is 5.41 Å². The van der Waals surface area contributed by atoms with Crippen LogP contribution in [-0.4, -0.2) is 24.5 Å². The highest BCUT2D eigenvalue weighted by Crippen LogP contribution is 2.41. The standard InChI is InChI=1S/C16H20Cl2N2/c1-3-20(2)13-6-8-16(11-19,9-7-13)12-4-5-14(17)15(18)10-12/h4-5,10,13H,3,6-9H2,1-2H3. The summed E-state index contributed by atoms with van der Waals surface area (Å²) in [4.78, 5) is 2.37. The Morgan fingerprint density at radius 1 is 1.30 bits per heavy atom. The lowest BCUT2D eigenvalue weighted by atomic mass is 9.69. The molecule has 0 amide bonds. The van der Waals surface area contributed by atoms with Crippen LogP contribution in [0.15, 0.2) is 18.2 Å². The third-order valence-electron chi connectivity index (χ3n) is 4.62. The molecule has 4 heteroatoms. The molecule has 20 heavy (non-hydrogen) atoms. The Kier molecular flexibility index (Phi) is 4.96. The van der Waals surface area contributed by atoms with Gasteiger partial charge in [-0.2, -0.15) is 5.26 Å². The van der Waals surface area contributed by atoms with Gasteiger partial charge in [0.15, 0.2) is 0 Å². The highest BCUT2D eigenvalue weighted by molar-refractivity contribution is 6.42. The first-order chi connectivity index (χ1) is 9.52. The maximum absolute atomic E-state index is 9.70. The minimum Gasteiger partial charge on any atom is -0.304 e. The lowest BCUT2D eigenvalue weighted by Gasteiger charge is -2.39. The molecule has 0 N–H and O–H groups in total. The fraction of sp³-hybridized carbons (Fsp3) is 0.562. The van der Waals surface area contributed by atoms with Crippen LogP contribution in [0.1, 0.15) is 38.2 Å². The molecule has 0 aliphatic heterocycles. The summed E-state index contributed by atoms with van der Waals surface area (Å²) in [6, 6.07) is 8.72. The Balaban J connectivity index is 2.21. The average Bonchev–Trinajstić information content (AvgIpc) is 2.49. The molecule has 2 nitrogen and oxygen atoms in total. The Morgan fingerprint density at radius 2 is 1.95 bits per heavy atom. The zero-order valence-corrected chi connectivity index (χ0v) is 13.5. The first-order valence-electron chi connectivity index (χ1n) is 7.09. The molecule has 1 aliphatic rings. The smallest absolute Gasteiger partial charge is 0.0824 e. The second-order valence-corrected chi connectivity index (χ2v) is 6.44. The van der Waals surface area contributed by atoms with Crippen molar-refractivity contribution in [3.8, 4) is 6.07 Å². The Morgan fingerprint density at radius 3 is 2.45 bits per heavy atom. The number of nitrogens with zero attached hydrogens (tertiary/aromatic N) is 2. The minimum atomic E-state index is -0.403. The van der Waals surface area contributed by atoms with Gasteiger partial charge >= 0.3 is 0 Å². The monoisotopic (exact) mass is 310 g/mol. The lowest BCUT2D eigenvalue weighted by Crippen LogP contribution is -2.40. The first-order valence-corrected chi connectivity index (χ1v) is 7.85. The molecular formula is C16H20Cl2N2. The minimum absolute atomic E-state index is 0.403. The number of nitriles is 1. The number of hydrogen-bond donors (Lipinski definition) is 0. The van der Waals surface area contributed by atoms with Gasteiger partial charge in [0, 0.05) is 6.04 Å². The second-order valence-electron chi connectivity index (χ2n) is 5.63. The van der Waals surface area contributed by atoms with Gasteiger partial charge in [0.05, 0.1) is 21.5 Å². The lowest BCUT2D eigenvalue weighted by molar-refractivity contribution is 0.173. The van der Waals surface area contributed by atoms with Gasteiger partial charge in [0.2, 0.25) is 0 Å². The van der Waals surface area contributed by atoms with Gasteiger partial charge < -0.3 is 4.90 Å². The van der Waals surface area contributed by atoms with Crippen molar-refractivity contribution in [2.75, 3.05) is 13.6 Å². The van der Waals surface area contributed by atoms with Crippen LogP contribution in [0.5, 0.6) is 0 Å². The van der Waals surface area contributed by atoms with E-state index in [0.29, 0.717) is 16.1 Å². The molecule has 0 unspecified atom stereocenters. The van der Waals surface area contributed by atoms with E-state index in [1.807, 2.05) is 12.1 Å². The van der Waals surface area contributed by atoms with Crippen LogP contribution in [0, 0.1) is 11.3 Å². The largest absolute Gasteiger partial charge is 0.304 e. The molecule has 0 bridgehead atoms. The maximum Gasteiger partial charge on any atom is 0.0824 e. The number of halogens is 2. The molecule has 0 heterocycles. The molecule has 0 aromatic heterocycles. The summed E-state index contributed by atoms with van der Waals surface area (Å²) in [6.45, 7) is 3.22. The van der Waals surface area contributed by atoms with E-state index in [1.54, 1.807) is 6.07 Å². The zero-order chi connectivity index (χ0) is 14.8. The molecule has 0 radical (unpaired) electrons. The van der Waals surface area contributed by atoms with Crippen molar-refractivity contribution in [1.29, 1.82) is 5.26 Å². The molecule has 1 aromatic rings. The second kappa shape index (κ2) is 6.35. The summed E-state index contributed by atoms with van der Waals surface area (Å²) >= 11 is 12.1. The molecule has 0 atom stereocenters. The third-order valence-corrected chi connectivity index (χ3v) is 5.36. The van der Waals surface area contributed by atoms with Crippen LogP contribution in [0.25, 0.3) is 0 Å². The quantitative estimate of drug-likeness (QED) is 0.812. The van der Waals surface area contributed by atoms with E-state index in [4.69, 9.17) is 23.2 Å². The number of hydrogen-bond acceptors (Lipinski definition) is 2. The van der Waals surface area contributed by atoms with Crippen molar-refractivity contribution in [2.45, 2.75) is 44.1 Å². The maximum atomic E-state index is 9.70. The van der Waals surface area contributed by atoms with Crippen LogP contribution >= 0.6 is 23.2 Å². The van der Waals surface area contributed by atoms with Crippen molar-refractivity contribution in [1.82, 2.24) is 4.90 Å². The van der Waals surface area contributed by atoms with E-state index in [2.05, 4.69) is 24.9 Å². The van der Waals surface area contributed by atoms with Crippen LogP contribution in [0.3, 0.4) is 0 Å². The number of rotatable bonds is 3. The SMILES string of the molecule is CCN(C)C1CCC(C#N)(c2ccc(Cl)c(Cl)c2)CC1.